The Morgan fingerprint density at radius 2 is 1.79 bits per heavy atom. The van der Waals surface area contributed by atoms with Crippen LogP contribution >= 0.6 is 0 Å². The molecule has 8 nitrogen and oxygen atoms in total. The maximum absolute atomic E-state index is 12.5. The minimum atomic E-state index is -0.205. The van der Waals surface area contributed by atoms with Crippen molar-refractivity contribution < 1.29 is 15.3 Å². The lowest BCUT2D eigenvalue weighted by Gasteiger charge is -2.28. The summed E-state index contributed by atoms with van der Waals surface area (Å²) in [5, 5.41) is 29.5. The zero-order valence-corrected chi connectivity index (χ0v) is 15.0. The largest absolute Gasteiger partial charge is 0.508 e. The fourth-order valence-electron chi connectivity index (χ4n) is 3.42. The summed E-state index contributed by atoms with van der Waals surface area (Å²) in [6.07, 6.45) is 0.513. The summed E-state index contributed by atoms with van der Waals surface area (Å²) in [6.45, 7) is 1.25. The smallest absolute Gasteiger partial charge is 0.254 e. The molecule has 144 valence electrons. The fourth-order valence-corrected chi connectivity index (χ4v) is 3.42. The standard InChI is InChI=1S/C20H20N4O4/c21-12-3-1-11(2-4-12)19-22-16-10-24(6-5-14(16)20(28)23-19)9-15-17(26)7-13(25)8-18(15)27/h1-4,7-8,25-27H,5-6,9-10,21H2,(H,22,23,28). The summed E-state index contributed by atoms with van der Waals surface area (Å²) in [6, 6.07) is 9.47. The molecule has 1 aliphatic rings. The van der Waals surface area contributed by atoms with Gasteiger partial charge in [0.1, 0.15) is 23.1 Å². The number of aromatic hydroxyl groups is 3. The Labute approximate surface area is 160 Å². The quantitative estimate of drug-likeness (QED) is 0.436. The van der Waals surface area contributed by atoms with Gasteiger partial charge in [0.15, 0.2) is 0 Å². The van der Waals surface area contributed by atoms with Crippen LogP contribution in [0.5, 0.6) is 17.2 Å². The first-order valence-electron chi connectivity index (χ1n) is 8.85. The highest BCUT2D eigenvalue weighted by molar-refractivity contribution is 5.59. The SMILES string of the molecule is Nc1ccc(-c2nc3c(c(=O)[nH]2)CCN(Cc2c(O)cc(O)cc2O)C3)cc1. The van der Waals surface area contributed by atoms with Crippen molar-refractivity contribution in [2.24, 2.45) is 0 Å². The molecule has 0 amide bonds. The predicted octanol–water partition coefficient (Wildman–Crippen LogP) is 1.69. The number of aromatic nitrogens is 2. The Morgan fingerprint density at radius 1 is 1.11 bits per heavy atom. The van der Waals surface area contributed by atoms with Gasteiger partial charge < -0.3 is 26.0 Å². The van der Waals surface area contributed by atoms with Crippen molar-refractivity contribution in [3.8, 4) is 28.6 Å². The van der Waals surface area contributed by atoms with Gasteiger partial charge in [-0.2, -0.15) is 0 Å². The molecule has 3 aromatic rings. The minimum Gasteiger partial charge on any atom is -0.508 e. The molecule has 0 bridgehead atoms. The first kappa shape index (κ1) is 17.9. The second kappa shape index (κ2) is 6.90. The molecular formula is C20H20N4O4. The van der Waals surface area contributed by atoms with Crippen LogP contribution in [0.3, 0.4) is 0 Å². The van der Waals surface area contributed by atoms with Gasteiger partial charge in [-0.3, -0.25) is 9.69 Å². The highest BCUT2D eigenvalue weighted by Crippen LogP contribution is 2.33. The van der Waals surface area contributed by atoms with E-state index in [0.717, 1.165) is 5.56 Å². The van der Waals surface area contributed by atoms with E-state index in [0.29, 0.717) is 47.8 Å². The highest BCUT2D eigenvalue weighted by Gasteiger charge is 2.23. The van der Waals surface area contributed by atoms with Gasteiger partial charge >= 0.3 is 0 Å². The Bertz CT molecular complexity index is 1070. The average Bonchev–Trinajstić information content (AvgIpc) is 2.65. The number of hydrogen-bond donors (Lipinski definition) is 5. The number of nitrogens with one attached hydrogen (secondary N) is 1. The molecule has 0 spiro atoms. The Balaban J connectivity index is 1.63. The van der Waals surface area contributed by atoms with Crippen LogP contribution < -0.4 is 11.3 Å². The first-order valence-corrected chi connectivity index (χ1v) is 8.85. The number of fused-ring (bicyclic) bond motifs is 1. The summed E-state index contributed by atoms with van der Waals surface area (Å²) < 4.78 is 0. The molecule has 0 saturated heterocycles. The summed E-state index contributed by atoms with van der Waals surface area (Å²) in [5.41, 5.74) is 8.59. The highest BCUT2D eigenvalue weighted by atomic mass is 16.3. The number of nitrogens with zero attached hydrogens (tertiary/aromatic N) is 2. The van der Waals surface area contributed by atoms with Gasteiger partial charge in [0.25, 0.3) is 5.56 Å². The fraction of sp³-hybridized carbons (Fsp3) is 0.200. The number of H-pyrrole nitrogens is 1. The van der Waals surface area contributed by atoms with Crippen LogP contribution in [0, 0.1) is 0 Å². The number of nitrogen functional groups attached to an aromatic ring is 1. The van der Waals surface area contributed by atoms with E-state index in [-0.39, 0.29) is 29.4 Å². The zero-order valence-electron chi connectivity index (χ0n) is 15.0. The number of benzene rings is 2. The number of nitrogens with two attached hydrogens (primary N) is 1. The third-order valence-electron chi connectivity index (χ3n) is 4.91. The van der Waals surface area contributed by atoms with Crippen LogP contribution in [0.15, 0.2) is 41.2 Å². The number of hydrogen-bond acceptors (Lipinski definition) is 7. The van der Waals surface area contributed by atoms with Gasteiger partial charge in [0, 0.05) is 54.1 Å². The zero-order chi connectivity index (χ0) is 19.8. The molecule has 2 aromatic carbocycles. The summed E-state index contributed by atoms with van der Waals surface area (Å²) in [7, 11) is 0. The second-order valence-electron chi connectivity index (χ2n) is 6.89. The van der Waals surface area contributed by atoms with Gasteiger partial charge in [-0.15, -0.1) is 0 Å². The molecule has 0 atom stereocenters. The third-order valence-corrected chi connectivity index (χ3v) is 4.91. The van der Waals surface area contributed by atoms with Gasteiger partial charge in [-0.25, -0.2) is 4.98 Å². The normalized spacial score (nSPS) is 14.0. The van der Waals surface area contributed by atoms with Crippen molar-refractivity contribution >= 4 is 5.69 Å². The van der Waals surface area contributed by atoms with E-state index in [4.69, 9.17) is 5.73 Å². The van der Waals surface area contributed by atoms with Gasteiger partial charge in [-0.1, -0.05) is 0 Å². The van der Waals surface area contributed by atoms with E-state index in [1.54, 1.807) is 24.3 Å². The molecule has 6 N–H and O–H groups in total. The lowest BCUT2D eigenvalue weighted by molar-refractivity contribution is 0.234. The lowest BCUT2D eigenvalue weighted by atomic mass is 10.0. The molecular weight excluding hydrogens is 360 g/mol. The topological polar surface area (TPSA) is 136 Å². The lowest BCUT2D eigenvalue weighted by Crippen LogP contribution is -2.35. The molecule has 8 heteroatoms. The van der Waals surface area contributed by atoms with E-state index in [9.17, 15) is 20.1 Å². The van der Waals surface area contributed by atoms with E-state index in [2.05, 4.69) is 9.97 Å². The summed E-state index contributed by atoms with van der Waals surface area (Å²) in [4.78, 5) is 21.9. The van der Waals surface area contributed by atoms with Crippen LogP contribution in [0.1, 0.15) is 16.8 Å². The van der Waals surface area contributed by atoms with Gasteiger partial charge in [0.2, 0.25) is 0 Å². The number of phenols is 3. The second-order valence-corrected chi connectivity index (χ2v) is 6.89. The maximum atomic E-state index is 12.5. The molecule has 1 aromatic heterocycles. The Hall–Kier alpha value is -3.52. The monoisotopic (exact) mass is 380 g/mol. The summed E-state index contributed by atoms with van der Waals surface area (Å²) in [5.74, 6) is -0.0838. The number of anilines is 1. The molecule has 0 unspecified atom stereocenters. The van der Waals surface area contributed by atoms with Crippen molar-refractivity contribution in [2.75, 3.05) is 12.3 Å². The van der Waals surface area contributed by atoms with Crippen molar-refractivity contribution in [1.82, 2.24) is 14.9 Å². The molecule has 0 fully saturated rings. The van der Waals surface area contributed by atoms with Crippen LogP contribution in [0.2, 0.25) is 0 Å². The van der Waals surface area contributed by atoms with Gasteiger partial charge in [-0.05, 0) is 30.7 Å². The predicted molar refractivity (Wildman–Crippen MR) is 104 cm³/mol. The van der Waals surface area contributed by atoms with E-state index < -0.39 is 0 Å². The van der Waals surface area contributed by atoms with E-state index >= 15 is 0 Å². The first-order chi connectivity index (χ1) is 13.4. The molecule has 0 radical (unpaired) electrons. The van der Waals surface area contributed by atoms with Crippen molar-refractivity contribution in [3.63, 3.8) is 0 Å². The molecule has 2 heterocycles. The minimum absolute atomic E-state index is 0.160. The van der Waals surface area contributed by atoms with Gasteiger partial charge in [0.05, 0.1) is 5.69 Å². The number of phenolic OH excluding ortho intramolecular Hbond substituents is 3. The van der Waals surface area contributed by atoms with Crippen molar-refractivity contribution in [2.45, 2.75) is 19.5 Å². The molecule has 4 rings (SSSR count). The van der Waals surface area contributed by atoms with Crippen LogP contribution in [-0.2, 0) is 19.5 Å². The summed E-state index contributed by atoms with van der Waals surface area (Å²) >= 11 is 0. The molecule has 28 heavy (non-hydrogen) atoms. The molecule has 0 aliphatic carbocycles. The van der Waals surface area contributed by atoms with Crippen LogP contribution in [0.4, 0.5) is 5.69 Å². The molecule has 1 aliphatic heterocycles. The van der Waals surface area contributed by atoms with Crippen LogP contribution in [0.25, 0.3) is 11.4 Å². The Morgan fingerprint density at radius 3 is 2.46 bits per heavy atom. The number of rotatable bonds is 3. The third kappa shape index (κ3) is 3.37. The van der Waals surface area contributed by atoms with E-state index in [1.807, 2.05) is 4.90 Å². The number of aromatic amines is 1. The van der Waals surface area contributed by atoms with E-state index in [1.165, 1.54) is 12.1 Å². The molecule has 0 saturated carbocycles. The van der Waals surface area contributed by atoms with Crippen molar-refractivity contribution in [3.05, 3.63) is 63.6 Å². The maximum Gasteiger partial charge on any atom is 0.254 e. The van der Waals surface area contributed by atoms with Crippen molar-refractivity contribution in [1.29, 1.82) is 0 Å². The Kier molecular flexibility index (Phi) is 4.40. The average molecular weight is 380 g/mol. The van der Waals surface area contributed by atoms with Crippen LogP contribution in [-0.4, -0.2) is 36.7 Å².